The van der Waals surface area contributed by atoms with E-state index in [9.17, 15) is 0 Å². The lowest BCUT2D eigenvalue weighted by atomic mass is 10.1. The number of hydrogen-bond donors (Lipinski definition) is 0. The molecule has 0 N–H and O–H groups in total. The summed E-state index contributed by atoms with van der Waals surface area (Å²) >= 11 is 0. The first-order valence-corrected chi connectivity index (χ1v) is 2.86. The Morgan fingerprint density at radius 3 is 2.71 bits per heavy atom. The molecular formula is C5H9NO. The summed E-state index contributed by atoms with van der Waals surface area (Å²) in [6.45, 7) is 2.13. The highest BCUT2D eigenvalue weighted by Crippen LogP contribution is 2.25. The molecule has 7 heavy (non-hydrogen) atoms. The van der Waals surface area contributed by atoms with Crippen molar-refractivity contribution in [2.24, 2.45) is 0 Å². The zero-order valence-electron chi connectivity index (χ0n) is 4.26. The number of rotatable bonds is 0. The highest BCUT2D eigenvalue weighted by Gasteiger charge is 2.33. The van der Waals surface area contributed by atoms with Crippen molar-refractivity contribution in [1.82, 2.24) is 5.06 Å². The zero-order valence-corrected chi connectivity index (χ0v) is 4.26. The maximum Gasteiger partial charge on any atom is 0.0701 e. The Morgan fingerprint density at radius 2 is 2.43 bits per heavy atom. The fourth-order valence-corrected chi connectivity index (χ4v) is 1.18. The van der Waals surface area contributed by atoms with E-state index in [4.69, 9.17) is 4.84 Å². The Morgan fingerprint density at radius 1 is 1.43 bits per heavy atom. The van der Waals surface area contributed by atoms with Crippen molar-refractivity contribution in [3.63, 3.8) is 0 Å². The third-order valence-corrected chi connectivity index (χ3v) is 1.80. The van der Waals surface area contributed by atoms with E-state index in [0.29, 0.717) is 0 Å². The summed E-state index contributed by atoms with van der Waals surface area (Å²) in [6, 6.07) is 0.806. The topological polar surface area (TPSA) is 12.5 Å². The fourth-order valence-electron chi connectivity index (χ4n) is 1.18. The molecular weight excluding hydrogens is 90.1 g/mol. The summed E-state index contributed by atoms with van der Waals surface area (Å²) in [4.78, 5) is 5.19. The smallest absolute Gasteiger partial charge is 0.0701 e. The van der Waals surface area contributed by atoms with Gasteiger partial charge < -0.3 is 0 Å². The van der Waals surface area contributed by atoms with Crippen molar-refractivity contribution in [1.29, 1.82) is 0 Å². The third-order valence-electron chi connectivity index (χ3n) is 1.80. The van der Waals surface area contributed by atoms with E-state index in [1.807, 2.05) is 0 Å². The van der Waals surface area contributed by atoms with Gasteiger partial charge in [-0.3, -0.25) is 4.84 Å². The predicted octanol–water partition coefficient (Wildman–Crippen LogP) is 0.396. The van der Waals surface area contributed by atoms with Gasteiger partial charge in [0.2, 0.25) is 0 Å². The molecule has 2 heterocycles. The van der Waals surface area contributed by atoms with E-state index >= 15 is 0 Å². The highest BCUT2D eigenvalue weighted by atomic mass is 16.7. The quantitative estimate of drug-likeness (QED) is 0.435. The molecule has 2 fully saturated rings. The van der Waals surface area contributed by atoms with Crippen LogP contribution in [0.15, 0.2) is 0 Å². The van der Waals surface area contributed by atoms with Gasteiger partial charge in [-0.15, -0.1) is 0 Å². The van der Waals surface area contributed by atoms with Crippen LogP contribution >= 0.6 is 0 Å². The summed E-state index contributed by atoms with van der Waals surface area (Å²) in [5.74, 6) is 0. The molecule has 2 nitrogen and oxygen atoms in total. The lowest BCUT2D eigenvalue weighted by Crippen LogP contribution is -2.41. The molecule has 0 aromatic carbocycles. The van der Waals surface area contributed by atoms with Crippen molar-refractivity contribution < 1.29 is 4.84 Å². The molecule has 2 aliphatic rings. The van der Waals surface area contributed by atoms with Crippen molar-refractivity contribution in [2.45, 2.75) is 18.9 Å². The Hall–Kier alpha value is -0.0800. The van der Waals surface area contributed by atoms with Gasteiger partial charge in [-0.05, 0) is 12.8 Å². The Kier molecular flexibility index (Phi) is 0.664. The van der Waals surface area contributed by atoms with Crippen molar-refractivity contribution in [2.75, 3.05) is 13.2 Å². The van der Waals surface area contributed by atoms with Gasteiger partial charge in [0, 0.05) is 12.6 Å². The average Bonchev–Trinajstić information content (AvgIpc) is 1.85. The summed E-state index contributed by atoms with van der Waals surface area (Å²) in [6.07, 6.45) is 2.62. The minimum absolute atomic E-state index is 0.806. The number of fused-ring (bicyclic) bond motifs is 1. The first-order valence-electron chi connectivity index (χ1n) is 2.86. The van der Waals surface area contributed by atoms with Crippen LogP contribution in [0.4, 0.5) is 0 Å². The number of nitrogens with zero attached hydrogens (tertiary/aromatic N) is 1. The van der Waals surface area contributed by atoms with Gasteiger partial charge in [0.25, 0.3) is 0 Å². The SMILES string of the molecule is C1CC2CCN2O1. The second kappa shape index (κ2) is 1.20. The molecule has 2 saturated heterocycles. The van der Waals surface area contributed by atoms with Crippen molar-refractivity contribution in [3.8, 4) is 0 Å². The molecule has 40 valence electrons. The summed E-state index contributed by atoms with van der Waals surface area (Å²) in [5, 5.41) is 2.08. The van der Waals surface area contributed by atoms with Gasteiger partial charge >= 0.3 is 0 Å². The number of hydroxylamine groups is 2. The molecule has 0 bridgehead atoms. The molecule has 0 radical (unpaired) electrons. The van der Waals surface area contributed by atoms with Gasteiger partial charge in [-0.25, -0.2) is 0 Å². The number of hydrogen-bond acceptors (Lipinski definition) is 2. The van der Waals surface area contributed by atoms with E-state index in [1.54, 1.807) is 0 Å². The minimum Gasteiger partial charge on any atom is -0.299 e. The summed E-state index contributed by atoms with van der Waals surface area (Å²) in [5.41, 5.74) is 0. The first kappa shape index (κ1) is 3.87. The molecule has 1 unspecified atom stereocenters. The van der Waals surface area contributed by atoms with Crippen molar-refractivity contribution >= 4 is 0 Å². The molecule has 2 aliphatic heterocycles. The minimum atomic E-state index is 0.806. The van der Waals surface area contributed by atoms with Crippen LogP contribution in [0.3, 0.4) is 0 Å². The van der Waals surface area contributed by atoms with E-state index in [2.05, 4.69) is 5.06 Å². The van der Waals surface area contributed by atoms with Crippen LogP contribution in [0.5, 0.6) is 0 Å². The van der Waals surface area contributed by atoms with Crippen LogP contribution in [0, 0.1) is 0 Å². The van der Waals surface area contributed by atoms with E-state index in [0.717, 1.165) is 12.6 Å². The van der Waals surface area contributed by atoms with Gasteiger partial charge in [0.15, 0.2) is 0 Å². The Labute approximate surface area is 43.0 Å². The molecule has 2 rings (SSSR count). The Balaban J connectivity index is 2.03. The van der Waals surface area contributed by atoms with Gasteiger partial charge in [-0.1, -0.05) is 0 Å². The van der Waals surface area contributed by atoms with Crippen LogP contribution in [0.2, 0.25) is 0 Å². The standard InChI is InChI=1S/C5H9NO/c1-3-6-5(1)2-4-7-6/h5H,1-4H2. The summed E-state index contributed by atoms with van der Waals surface area (Å²) < 4.78 is 0. The zero-order chi connectivity index (χ0) is 4.69. The normalized spacial score (nSPS) is 40.3. The predicted molar refractivity (Wildman–Crippen MR) is 25.7 cm³/mol. The Bertz CT molecular complexity index is 74.1. The lowest BCUT2D eigenvalue weighted by molar-refractivity contribution is -0.174. The maximum absolute atomic E-state index is 5.19. The monoisotopic (exact) mass is 99.1 g/mol. The lowest BCUT2D eigenvalue weighted by Gasteiger charge is -2.31. The molecule has 0 aromatic rings. The molecule has 2 heteroatoms. The third kappa shape index (κ3) is 0.409. The van der Waals surface area contributed by atoms with Crippen LogP contribution in [-0.4, -0.2) is 24.3 Å². The molecule has 0 amide bonds. The summed E-state index contributed by atoms with van der Waals surface area (Å²) in [7, 11) is 0. The van der Waals surface area contributed by atoms with E-state index in [1.165, 1.54) is 19.4 Å². The van der Waals surface area contributed by atoms with Gasteiger partial charge in [0.1, 0.15) is 0 Å². The second-order valence-electron chi connectivity index (χ2n) is 2.21. The second-order valence-corrected chi connectivity index (χ2v) is 2.21. The van der Waals surface area contributed by atoms with Crippen LogP contribution in [0.25, 0.3) is 0 Å². The molecule has 0 aromatic heterocycles. The van der Waals surface area contributed by atoms with Crippen LogP contribution in [-0.2, 0) is 4.84 Å². The molecule has 1 atom stereocenters. The van der Waals surface area contributed by atoms with E-state index in [-0.39, 0.29) is 0 Å². The largest absolute Gasteiger partial charge is 0.299 e. The molecule has 0 saturated carbocycles. The van der Waals surface area contributed by atoms with Crippen molar-refractivity contribution in [3.05, 3.63) is 0 Å². The maximum atomic E-state index is 5.19. The van der Waals surface area contributed by atoms with Crippen LogP contribution < -0.4 is 0 Å². The molecule has 0 spiro atoms. The van der Waals surface area contributed by atoms with Gasteiger partial charge in [-0.2, -0.15) is 5.06 Å². The fraction of sp³-hybridized carbons (Fsp3) is 1.00. The van der Waals surface area contributed by atoms with Crippen LogP contribution in [0.1, 0.15) is 12.8 Å². The molecule has 0 aliphatic carbocycles. The van der Waals surface area contributed by atoms with Gasteiger partial charge in [0.05, 0.1) is 6.61 Å². The highest BCUT2D eigenvalue weighted by molar-refractivity contribution is 4.79. The average molecular weight is 99.1 g/mol. The van der Waals surface area contributed by atoms with E-state index < -0.39 is 0 Å². The first-order chi connectivity index (χ1) is 3.47.